The van der Waals surface area contributed by atoms with Crippen LogP contribution in [0.4, 0.5) is 0 Å². The fourth-order valence-electron chi connectivity index (χ4n) is 2.49. The lowest BCUT2D eigenvalue weighted by atomic mass is 10.0. The third-order valence-corrected chi connectivity index (χ3v) is 3.65. The van der Waals surface area contributed by atoms with Gasteiger partial charge in [0.1, 0.15) is 0 Å². The molecule has 0 fully saturated rings. The van der Waals surface area contributed by atoms with Crippen molar-refractivity contribution in [3.05, 3.63) is 90.3 Å². The first kappa shape index (κ1) is 17.3. The van der Waals surface area contributed by atoms with Crippen molar-refractivity contribution in [2.45, 2.75) is 13.5 Å². The number of rotatable bonds is 4. The Hall–Kier alpha value is -2.01. The highest BCUT2D eigenvalue weighted by atomic mass is 127. The molecule has 0 aliphatic heterocycles. The predicted octanol–water partition coefficient (Wildman–Crippen LogP) is 0.836. The van der Waals surface area contributed by atoms with Crippen molar-refractivity contribution in [3.63, 3.8) is 0 Å². The Kier molecular flexibility index (Phi) is 6.04. The number of carbonyl (C=O) groups is 1. The first-order chi connectivity index (χ1) is 10.7. The number of aryl methyl sites for hydroxylation is 1. The van der Waals surface area contributed by atoms with Crippen LogP contribution in [-0.2, 0) is 6.54 Å². The van der Waals surface area contributed by atoms with Gasteiger partial charge in [0.05, 0.1) is 0 Å². The third kappa shape index (κ3) is 4.48. The highest BCUT2D eigenvalue weighted by molar-refractivity contribution is 5.95. The van der Waals surface area contributed by atoms with Crippen molar-refractivity contribution >= 4 is 5.78 Å². The summed E-state index contributed by atoms with van der Waals surface area (Å²) in [6.07, 6.45) is 3.90. The van der Waals surface area contributed by atoms with Crippen molar-refractivity contribution in [2.75, 3.05) is 0 Å². The number of ketones is 1. The molecule has 0 aliphatic carbocycles. The molecule has 0 bridgehead atoms. The average molecular weight is 415 g/mol. The summed E-state index contributed by atoms with van der Waals surface area (Å²) in [7, 11) is 0. The summed E-state index contributed by atoms with van der Waals surface area (Å²) in [6, 6.07) is 22.0. The van der Waals surface area contributed by atoms with Crippen LogP contribution in [0.1, 0.15) is 15.9 Å². The van der Waals surface area contributed by atoms with E-state index in [-0.39, 0.29) is 29.8 Å². The molecule has 0 amide bonds. The maximum absolute atomic E-state index is 12.4. The molecule has 2 aromatic carbocycles. The van der Waals surface area contributed by atoms with Gasteiger partial charge in [-0.3, -0.25) is 4.79 Å². The van der Waals surface area contributed by atoms with Gasteiger partial charge in [0.15, 0.2) is 12.4 Å². The SMILES string of the molecule is Cc1ccc[n+](CC(=O)c2ccc(-c3ccccc3)cc2)c1.[I-]. The number of halogens is 1. The fraction of sp³-hybridized carbons (Fsp3) is 0.100. The molecule has 0 saturated heterocycles. The topological polar surface area (TPSA) is 20.9 Å². The normalized spacial score (nSPS) is 9.96. The summed E-state index contributed by atoms with van der Waals surface area (Å²) in [4.78, 5) is 12.4. The van der Waals surface area contributed by atoms with E-state index >= 15 is 0 Å². The van der Waals surface area contributed by atoms with Gasteiger partial charge in [-0.15, -0.1) is 0 Å². The summed E-state index contributed by atoms with van der Waals surface area (Å²) < 4.78 is 1.92. The maximum atomic E-state index is 12.4. The van der Waals surface area contributed by atoms with Crippen molar-refractivity contribution in [1.82, 2.24) is 0 Å². The molecular formula is C20H18INO. The van der Waals surface area contributed by atoms with E-state index in [1.54, 1.807) is 0 Å². The third-order valence-electron chi connectivity index (χ3n) is 3.65. The highest BCUT2D eigenvalue weighted by Crippen LogP contribution is 2.19. The summed E-state index contributed by atoms with van der Waals surface area (Å²) in [5.41, 5.74) is 4.18. The molecule has 0 spiro atoms. The van der Waals surface area contributed by atoms with E-state index in [0.717, 1.165) is 22.3 Å². The van der Waals surface area contributed by atoms with Crippen LogP contribution < -0.4 is 28.5 Å². The Balaban J connectivity index is 0.00000192. The van der Waals surface area contributed by atoms with Gasteiger partial charge in [-0.25, -0.2) is 0 Å². The standard InChI is InChI=1S/C20H18NO.HI/c1-16-6-5-13-21(14-16)15-20(22)19-11-9-18(10-12-19)17-7-3-2-4-8-17;/h2-14H,15H2,1H3;1H/q+1;/p-1. The molecule has 3 aromatic rings. The zero-order chi connectivity index (χ0) is 15.4. The van der Waals surface area contributed by atoms with Gasteiger partial charge < -0.3 is 24.0 Å². The number of hydrogen-bond donors (Lipinski definition) is 0. The minimum absolute atomic E-state index is 0. The number of carbonyl (C=O) groups excluding carboxylic acids is 1. The second-order valence-electron chi connectivity index (χ2n) is 5.42. The minimum atomic E-state index is 0. The van der Waals surface area contributed by atoms with Gasteiger partial charge in [0.25, 0.3) is 0 Å². The number of pyridine rings is 1. The molecule has 0 N–H and O–H groups in total. The van der Waals surface area contributed by atoms with Crippen molar-refractivity contribution in [1.29, 1.82) is 0 Å². The second-order valence-corrected chi connectivity index (χ2v) is 5.42. The molecule has 23 heavy (non-hydrogen) atoms. The molecule has 0 radical (unpaired) electrons. The minimum Gasteiger partial charge on any atom is -1.00 e. The van der Waals surface area contributed by atoms with Gasteiger partial charge in [-0.05, 0) is 24.1 Å². The van der Waals surface area contributed by atoms with E-state index < -0.39 is 0 Å². The highest BCUT2D eigenvalue weighted by Gasteiger charge is 2.12. The molecule has 0 atom stereocenters. The Morgan fingerprint density at radius 2 is 1.52 bits per heavy atom. The van der Waals surface area contributed by atoms with E-state index in [0.29, 0.717) is 6.54 Å². The molecule has 0 unspecified atom stereocenters. The van der Waals surface area contributed by atoms with Crippen LogP contribution in [0.15, 0.2) is 79.1 Å². The first-order valence-electron chi connectivity index (χ1n) is 7.37. The fourth-order valence-corrected chi connectivity index (χ4v) is 2.49. The van der Waals surface area contributed by atoms with Crippen molar-refractivity contribution in [3.8, 4) is 11.1 Å². The Labute approximate surface area is 153 Å². The first-order valence-corrected chi connectivity index (χ1v) is 7.37. The van der Waals surface area contributed by atoms with Gasteiger partial charge in [0, 0.05) is 17.2 Å². The van der Waals surface area contributed by atoms with E-state index in [1.165, 1.54) is 0 Å². The Morgan fingerprint density at radius 3 is 2.17 bits per heavy atom. The molecular weight excluding hydrogens is 397 g/mol. The van der Waals surface area contributed by atoms with Crippen molar-refractivity contribution < 1.29 is 33.3 Å². The van der Waals surface area contributed by atoms with Gasteiger partial charge >= 0.3 is 0 Å². The summed E-state index contributed by atoms with van der Waals surface area (Å²) in [5.74, 6) is 0.121. The molecule has 116 valence electrons. The predicted molar refractivity (Wildman–Crippen MR) is 87.6 cm³/mol. The lowest BCUT2D eigenvalue weighted by molar-refractivity contribution is -0.683. The lowest BCUT2D eigenvalue weighted by Crippen LogP contribution is -3.00. The van der Waals surface area contributed by atoms with Crippen LogP contribution in [0.25, 0.3) is 11.1 Å². The number of Topliss-reactive ketones (excluding diaryl/α,β-unsaturated/α-hetero) is 1. The summed E-state index contributed by atoms with van der Waals surface area (Å²) in [6.45, 7) is 2.39. The molecule has 3 rings (SSSR count). The van der Waals surface area contributed by atoms with Gasteiger partial charge in [-0.1, -0.05) is 54.6 Å². The average Bonchev–Trinajstić information content (AvgIpc) is 2.56. The maximum Gasteiger partial charge on any atom is 0.227 e. The van der Waals surface area contributed by atoms with E-state index in [1.807, 2.05) is 78.5 Å². The van der Waals surface area contributed by atoms with Crippen LogP contribution >= 0.6 is 0 Å². The number of aromatic nitrogens is 1. The van der Waals surface area contributed by atoms with E-state index in [9.17, 15) is 4.79 Å². The van der Waals surface area contributed by atoms with Gasteiger partial charge in [-0.2, -0.15) is 4.57 Å². The lowest BCUT2D eigenvalue weighted by Gasteiger charge is -2.03. The molecule has 1 aromatic heterocycles. The zero-order valence-corrected chi connectivity index (χ0v) is 15.1. The van der Waals surface area contributed by atoms with E-state index in [4.69, 9.17) is 0 Å². The van der Waals surface area contributed by atoms with Crippen LogP contribution in [0, 0.1) is 6.92 Å². The van der Waals surface area contributed by atoms with Crippen molar-refractivity contribution in [2.24, 2.45) is 0 Å². The molecule has 1 heterocycles. The second kappa shape index (κ2) is 8.02. The molecule has 0 aliphatic rings. The number of benzene rings is 2. The smallest absolute Gasteiger partial charge is 0.227 e. The Morgan fingerprint density at radius 1 is 0.870 bits per heavy atom. The zero-order valence-electron chi connectivity index (χ0n) is 12.9. The summed E-state index contributed by atoms with van der Waals surface area (Å²) in [5, 5.41) is 0. The molecule has 3 heteroatoms. The van der Waals surface area contributed by atoms with E-state index in [2.05, 4.69) is 12.1 Å². The number of nitrogens with zero attached hydrogens (tertiary/aromatic N) is 1. The van der Waals surface area contributed by atoms with Crippen LogP contribution in [0.3, 0.4) is 0 Å². The monoisotopic (exact) mass is 415 g/mol. The Bertz CT molecular complexity index is 782. The summed E-state index contributed by atoms with van der Waals surface area (Å²) >= 11 is 0. The molecule has 2 nitrogen and oxygen atoms in total. The van der Waals surface area contributed by atoms with Gasteiger partial charge in [0.2, 0.25) is 12.3 Å². The quantitative estimate of drug-likeness (QED) is 0.352. The van der Waals surface area contributed by atoms with Crippen LogP contribution in [0.5, 0.6) is 0 Å². The largest absolute Gasteiger partial charge is 1.00 e. The molecule has 0 saturated carbocycles. The van der Waals surface area contributed by atoms with Crippen LogP contribution in [0.2, 0.25) is 0 Å². The number of hydrogen-bond acceptors (Lipinski definition) is 1. The van der Waals surface area contributed by atoms with Crippen LogP contribution in [-0.4, -0.2) is 5.78 Å².